The van der Waals surface area contributed by atoms with Crippen LogP contribution in [-0.4, -0.2) is 58.9 Å². The number of carbonyl (C=O) groups is 3. The van der Waals surface area contributed by atoms with Crippen LogP contribution in [0.15, 0.2) is 22.8 Å². The molecule has 2 rings (SSSR count). The van der Waals surface area contributed by atoms with Crippen molar-refractivity contribution in [2.45, 2.75) is 25.3 Å². The molecule has 0 aliphatic carbocycles. The van der Waals surface area contributed by atoms with Gasteiger partial charge in [-0.1, -0.05) is 0 Å². The van der Waals surface area contributed by atoms with Crippen molar-refractivity contribution < 1.29 is 23.9 Å². The van der Waals surface area contributed by atoms with Crippen LogP contribution in [0.5, 0.6) is 0 Å². The van der Waals surface area contributed by atoms with Gasteiger partial charge < -0.3 is 19.3 Å². The fraction of sp³-hybridized carbons (Fsp3) is 0.500. The summed E-state index contributed by atoms with van der Waals surface area (Å²) in [5, 5.41) is 9.16. The number of carboxylic acid groups (broad SMARTS) is 1. The third-order valence-electron chi connectivity index (χ3n) is 3.56. The maximum Gasteiger partial charge on any atom is 0.326 e. The second-order valence-corrected chi connectivity index (χ2v) is 5.08. The molecule has 1 aromatic heterocycles. The lowest BCUT2D eigenvalue weighted by Gasteiger charge is -2.34. The number of carbonyl (C=O) groups excluding carboxylic acids is 2. The van der Waals surface area contributed by atoms with E-state index in [0.717, 1.165) is 12.8 Å². The van der Waals surface area contributed by atoms with Crippen molar-refractivity contribution in [3.63, 3.8) is 0 Å². The van der Waals surface area contributed by atoms with Gasteiger partial charge in [0.1, 0.15) is 6.04 Å². The van der Waals surface area contributed by atoms with Crippen LogP contribution in [0.25, 0.3) is 0 Å². The van der Waals surface area contributed by atoms with E-state index in [1.807, 2.05) is 0 Å². The summed E-state index contributed by atoms with van der Waals surface area (Å²) in [6.07, 6.45) is 3.41. The molecule has 2 amide bonds. The Hall–Kier alpha value is -2.31. The molecule has 1 aromatic rings. The Morgan fingerprint density at radius 1 is 1.43 bits per heavy atom. The van der Waals surface area contributed by atoms with Crippen molar-refractivity contribution in [3.8, 4) is 0 Å². The first-order valence-electron chi connectivity index (χ1n) is 6.82. The molecule has 1 fully saturated rings. The number of likely N-dealkylation sites (tertiary alicyclic amines) is 1. The van der Waals surface area contributed by atoms with Crippen LogP contribution in [-0.2, 0) is 9.59 Å². The number of likely N-dealkylation sites (N-methyl/N-ethyl adjacent to an activating group) is 1. The quantitative estimate of drug-likeness (QED) is 0.887. The van der Waals surface area contributed by atoms with Crippen molar-refractivity contribution in [2.75, 3.05) is 20.1 Å². The van der Waals surface area contributed by atoms with Gasteiger partial charge in [-0.3, -0.25) is 9.59 Å². The normalized spacial score (nSPS) is 18.3. The zero-order valence-corrected chi connectivity index (χ0v) is 11.8. The summed E-state index contributed by atoms with van der Waals surface area (Å²) in [5.41, 5.74) is 0. The number of carboxylic acids is 1. The standard InChI is InChI=1S/C14H18N2O5/c1-15(13(18)11-6-4-8-21-11)9-12(17)16-7-3-2-5-10(16)14(19)20/h4,6,8,10H,2-3,5,7,9H2,1H3,(H,19,20). The molecule has 1 N–H and O–H groups in total. The molecule has 1 unspecified atom stereocenters. The number of hydrogen-bond acceptors (Lipinski definition) is 4. The molecule has 0 radical (unpaired) electrons. The summed E-state index contributed by atoms with van der Waals surface area (Å²) in [5.74, 6) is -1.61. The van der Waals surface area contributed by atoms with E-state index in [9.17, 15) is 14.4 Å². The zero-order valence-electron chi connectivity index (χ0n) is 11.8. The largest absolute Gasteiger partial charge is 0.480 e. The molecule has 0 bridgehead atoms. The second-order valence-electron chi connectivity index (χ2n) is 5.08. The van der Waals surface area contributed by atoms with Gasteiger partial charge in [0.2, 0.25) is 5.91 Å². The highest BCUT2D eigenvalue weighted by molar-refractivity contribution is 5.94. The Labute approximate surface area is 122 Å². The SMILES string of the molecule is CN(CC(=O)N1CCCCC1C(=O)O)C(=O)c1ccco1. The minimum atomic E-state index is -0.997. The van der Waals surface area contributed by atoms with Gasteiger partial charge in [-0.25, -0.2) is 4.79 Å². The molecule has 1 atom stereocenters. The fourth-order valence-corrected chi connectivity index (χ4v) is 2.44. The number of hydrogen-bond donors (Lipinski definition) is 1. The molecule has 1 saturated heterocycles. The van der Waals surface area contributed by atoms with Gasteiger partial charge in [-0.2, -0.15) is 0 Å². The van der Waals surface area contributed by atoms with E-state index in [1.54, 1.807) is 6.07 Å². The number of furan rings is 1. The van der Waals surface area contributed by atoms with Gasteiger partial charge in [0.05, 0.1) is 12.8 Å². The highest BCUT2D eigenvalue weighted by atomic mass is 16.4. The van der Waals surface area contributed by atoms with Crippen molar-refractivity contribution >= 4 is 17.8 Å². The Kier molecular flexibility index (Phi) is 4.62. The Morgan fingerprint density at radius 3 is 2.81 bits per heavy atom. The summed E-state index contributed by atoms with van der Waals surface area (Å²) in [4.78, 5) is 38.0. The first kappa shape index (κ1) is 15.1. The first-order chi connectivity index (χ1) is 10.0. The van der Waals surface area contributed by atoms with Crippen molar-refractivity contribution in [1.29, 1.82) is 0 Å². The molecule has 1 aliphatic rings. The van der Waals surface area contributed by atoms with E-state index in [1.165, 1.54) is 29.2 Å². The predicted octanol–water partition coefficient (Wildman–Crippen LogP) is 0.817. The summed E-state index contributed by atoms with van der Waals surface area (Å²) < 4.78 is 4.99. The van der Waals surface area contributed by atoms with E-state index in [-0.39, 0.29) is 18.2 Å². The summed E-state index contributed by atoms with van der Waals surface area (Å²) in [7, 11) is 1.49. The Bertz CT molecular complexity index is 525. The molecule has 7 heteroatoms. The highest BCUT2D eigenvalue weighted by Crippen LogP contribution is 2.17. The van der Waals surface area contributed by atoms with Crippen molar-refractivity contribution in [3.05, 3.63) is 24.2 Å². The van der Waals surface area contributed by atoms with Crippen LogP contribution >= 0.6 is 0 Å². The highest BCUT2D eigenvalue weighted by Gasteiger charge is 2.32. The molecular weight excluding hydrogens is 276 g/mol. The van der Waals surface area contributed by atoms with Crippen LogP contribution in [0, 0.1) is 0 Å². The monoisotopic (exact) mass is 294 g/mol. The van der Waals surface area contributed by atoms with Crippen LogP contribution < -0.4 is 0 Å². The lowest BCUT2D eigenvalue weighted by molar-refractivity contribution is -0.152. The maximum absolute atomic E-state index is 12.2. The van der Waals surface area contributed by atoms with E-state index in [2.05, 4.69) is 0 Å². The van der Waals surface area contributed by atoms with Crippen LogP contribution in [0.1, 0.15) is 29.8 Å². The number of rotatable bonds is 4. The number of amides is 2. The van der Waals surface area contributed by atoms with Crippen LogP contribution in [0.2, 0.25) is 0 Å². The minimum absolute atomic E-state index is 0.152. The molecule has 1 aliphatic heterocycles. The Morgan fingerprint density at radius 2 is 2.19 bits per heavy atom. The summed E-state index contributed by atoms with van der Waals surface area (Å²) in [6.45, 7) is 0.252. The number of nitrogens with zero attached hydrogens (tertiary/aromatic N) is 2. The summed E-state index contributed by atoms with van der Waals surface area (Å²) in [6, 6.07) is 2.32. The van der Waals surface area contributed by atoms with Crippen molar-refractivity contribution in [1.82, 2.24) is 9.80 Å². The van der Waals surface area contributed by atoms with Crippen LogP contribution in [0.3, 0.4) is 0 Å². The molecular formula is C14H18N2O5. The van der Waals surface area contributed by atoms with E-state index in [0.29, 0.717) is 13.0 Å². The van der Waals surface area contributed by atoms with Gasteiger partial charge in [-0.15, -0.1) is 0 Å². The summed E-state index contributed by atoms with van der Waals surface area (Å²) >= 11 is 0. The lowest BCUT2D eigenvalue weighted by Crippen LogP contribution is -2.51. The predicted molar refractivity (Wildman–Crippen MR) is 72.7 cm³/mol. The lowest BCUT2D eigenvalue weighted by atomic mass is 10.0. The molecule has 21 heavy (non-hydrogen) atoms. The second kappa shape index (κ2) is 6.43. The maximum atomic E-state index is 12.2. The van der Waals surface area contributed by atoms with E-state index < -0.39 is 17.9 Å². The third-order valence-corrected chi connectivity index (χ3v) is 3.56. The third kappa shape index (κ3) is 3.42. The minimum Gasteiger partial charge on any atom is -0.480 e. The van der Waals surface area contributed by atoms with Gasteiger partial charge in [-0.05, 0) is 31.4 Å². The molecule has 0 spiro atoms. The molecule has 0 saturated carbocycles. The topological polar surface area (TPSA) is 91.1 Å². The molecule has 114 valence electrons. The smallest absolute Gasteiger partial charge is 0.326 e. The number of aliphatic carboxylic acids is 1. The van der Waals surface area contributed by atoms with Crippen LogP contribution in [0.4, 0.5) is 0 Å². The Balaban J connectivity index is 1.99. The molecule has 7 nitrogen and oxygen atoms in total. The van der Waals surface area contributed by atoms with Crippen molar-refractivity contribution in [2.24, 2.45) is 0 Å². The molecule has 2 heterocycles. The van der Waals surface area contributed by atoms with Gasteiger partial charge in [0.15, 0.2) is 5.76 Å². The van der Waals surface area contributed by atoms with Gasteiger partial charge >= 0.3 is 5.97 Å². The zero-order chi connectivity index (χ0) is 15.4. The van der Waals surface area contributed by atoms with E-state index in [4.69, 9.17) is 9.52 Å². The molecule has 0 aromatic carbocycles. The average molecular weight is 294 g/mol. The number of piperidine rings is 1. The fourth-order valence-electron chi connectivity index (χ4n) is 2.44. The first-order valence-corrected chi connectivity index (χ1v) is 6.82. The van der Waals surface area contributed by atoms with Gasteiger partial charge in [0.25, 0.3) is 5.91 Å². The van der Waals surface area contributed by atoms with Gasteiger partial charge in [0, 0.05) is 13.6 Å². The average Bonchev–Trinajstić information content (AvgIpc) is 3.00. The van der Waals surface area contributed by atoms with E-state index >= 15 is 0 Å².